The molecule has 0 spiro atoms. The Morgan fingerprint density at radius 3 is 3.00 bits per heavy atom. The van der Waals surface area contributed by atoms with Crippen LogP contribution in [0, 0.1) is 0 Å². The van der Waals surface area contributed by atoms with E-state index >= 15 is 0 Å². The van der Waals surface area contributed by atoms with E-state index in [4.69, 9.17) is 21.9 Å². The third kappa shape index (κ3) is 1.23. The SMILES string of the molecule is N/C(=N\Cl)c1ccoc1. The molecule has 4 heteroatoms. The Balaban J connectivity index is 2.90. The van der Waals surface area contributed by atoms with E-state index in [1.807, 2.05) is 0 Å². The summed E-state index contributed by atoms with van der Waals surface area (Å²) in [7, 11) is 0. The molecule has 48 valence electrons. The molecule has 0 aliphatic heterocycles. The first-order chi connectivity index (χ1) is 4.34. The first-order valence-electron chi connectivity index (χ1n) is 2.31. The van der Waals surface area contributed by atoms with E-state index < -0.39 is 0 Å². The first kappa shape index (κ1) is 6.16. The summed E-state index contributed by atoms with van der Waals surface area (Å²) in [5.41, 5.74) is 6.00. The van der Waals surface area contributed by atoms with Crippen LogP contribution in [0.2, 0.25) is 0 Å². The molecule has 1 heterocycles. The summed E-state index contributed by atoms with van der Waals surface area (Å²) in [4.78, 5) is 0. The van der Waals surface area contributed by atoms with Crippen LogP contribution in [0.25, 0.3) is 0 Å². The fraction of sp³-hybridized carbons (Fsp3) is 0. The Hall–Kier alpha value is -0.960. The number of halogens is 1. The second-order valence-electron chi connectivity index (χ2n) is 1.48. The number of nitrogens with zero attached hydrogens (tertiary/aromatic N) is 1. The van der Waals surface area contributed by atoms with Crippen molar-refractivity contribution in [3.8, 4) is 0 Å². The summed E-state index contributed by atoms with van der Waals surface area (Å²) in [5, 5.41) is 0. The molecule has 0 bridgehead atoms. The van der Waals surface area contributed by atoms with Crippen molar-refractivity contribution in [1.82, 2.24) is 0 Å². The normalized spacial score (nSPS) is 11.9. The van der Waals surface area contributed by atoms with Gasteiger partial charge in [-0.3, -0.25) is 0 Å². The van der Waals surface area contributed by atoms with E-state index in [9.17, 15) is 0 Å². The van der Waals surface area contributed by atoms with Gasteiger partial charge in [-0.15, -0.1) is 0 Å². The molecule has 0 saturated carbocycles. The standard InChI is InChI=1S/C5H5ClN2O/c6-8-5(7)4-1-2-9-3-4/h1-3H,(H2,7,8). The Morgan fingerprint density at radius 1 is 1.78 bits per heavy atom. The van der Waals surface area contributed by atoms with Gasteiger partial charge in [0.05, 0.1) is 11.8 Å². The molecule has 0 radical (unpaired) electrons. The Bertz CT molecular complexity index is 205. The maximum atomic E-state index is 5.30. The van der Waals surface area contributed by atoms with Crippen molar-refractivity contribution in [2.24, 2.45) is 10.2 Å². The van der Waals surface area contributed by atoms with Crippen LogP contribution in [-0.4, -0.2) is 5.84 Å². The summed E-state index contributed by atoms with van der Waals surface area (Å²) in [6.07, 6.45) is 2.98. The molecular weight excluding hydrogens is 140 g/mol. The monoisotopic (exact) mass is 144 g/mol. The lowest BCUT2D eigenvalue weighted by Gasteiger charge is -1.86. The predicted molar refractivity (Wildman–Crippen MR) is 35.3 cm³/mol. The molecule has 1 aromatic heterocycles. The fourth-order valence-corrected chi connectivity index (χ4v) is 0.557. The largest absolute Gasteiger partial charge is 0.472 e. The van der Waals surface area contributed by atoms with Crippen LogP contribution in [0.1, 0.15) is 5.56 Å². The molecule has 0 unspecified atom stereocenters. The molecule has 0 atom stereocenters. The molecule has 3 nitrogen and oxygen atoms in total. The zero-order valence-electron chi connectivity index (χ0n) is 4.54. The number of nitrogens with two attached hydrogens (primary N) is 1. The van der Waals surface area contributed by atoms with Crippen molar-refractivity contribution < 1.29 is 4.42 Å². The van der Waals surface area contributed by atoms with Gasteiger partial charge in [-0.05, 0) is 6.07 Å². The van der Waals surface area contributed by atoms with Gasteiger partial charge in [-0.1, -0.05) is 0 Å². The number of rotatable bonds is 1. The van der Waals surface area contributed by atoms with Gasteiger partial charge in [0.2, 0.25) is 0 Å². The summed E-state index contributed by atoms with van der Waals surface area (Å²) in [6.45, 7) is 0. The highest BCUT2D eigenvalue weighted by molar-refractivity contribution is 6.21. The smallest absolute Gasteiger partial charge is 0.148 e. The summed E-state index contributed by atoms with van der Waals surface area (Å²) in [6, 6.07) is 1.68. The van der Waals surface area contributed by atoms with E-state index in [1.54, 1.807) is 6.07 Å². The molecule has 0 fully saturated rings. The lowest BCUT2D eigenvalue weighted by molar-refractivity contribution is 0.567. The Labute approximate surface area is 57.2 Å². The second-order valence-corrected chi connectivity index (χ2v) is 1.65. The van der Waals surface area contributed by atoms with Crippen molar-refractivity contribution in [2.45, 2.75) is 0 Å². The quantitative estimate of drug-likeness (QED) is 0.475. The molecule has 0 saturated heterocycles. The van der Waals surface area contributed by atoms with Gasteiger partial charge in [0.1, 0.15) is 12.1 Å². The van der Waals surface area contributed by atoms with Crippen molar-refractivity contribution in [3.05, 3.63) is 24.2 Å². The summed E-state index contributed by atoms with van der Waals surface area (Å²) in [5.74, 6) is 0.269. The number of hydrogen-bond donors (Lipinski definition) is 1. The van der Waals surface area contributed by atoms with Gasteiger partial charge in [-0.25, -0.2) is 0 Å². The summed E-state index contributed by atoms with van der Waals surface area (Å²) < 4.78 is 7.96. The van der Waals surface area contributed by atoms with Gasteiger partial charge < -0.3 is 10.2 Å². The minimum absolute atomic E-state index is 0.269. The number of amidine groups is 1. The topological polar surface area (TPSA) is 51.5 Å². The Kier molecular flexibility index (Phi) is 1.75. The van der Waals surface area contributed by atoms with E-state index in [0.717, 1.165) is 0 Å². The van der Waals surface area contributed by atoms with Crippen LogP contribution >= 0.6 is 11.8 Å². The average molecular weight is 145 g/mol. The van der Waals surface area contributed by atoms with Gasteiger partial charge in [0, 0.05) is 11.8 Å². The first-order valence-corrected chi connectivity index (χ1v) is 2.65. The maximum absolute atomic E-state index is 5.30. The molecule has 2 N–H and O–H groups in total. The third-order valence-corrected chi connectivity index (χ3v) is 1.09. The highest BCUT2D eigenvalue weighted by atomic mass is 35.5. The van der Waals surface area contributed by atoms with Crippen LogP contribution in [0.3, 0.4) is 0 Å². The third-order valence-electron chi connectivity index (χ3n) is 0.908. The van der Waals surface area contributed by atoms with Crippen LogP contribution in [-0.2, 0) is 0 Å². The fourth-order valence-electron chi connectivity index (χ4n) is 0.459. The molecule has 9 heavy (non-hydrogen) atoms. The highest BCUT2D eigenvalue weighted by Gasteiger charge is 1.96. The van der Waals surface area contributed by atoms with Gasteiger partial charge in [0.25, 0.3) is 0 Å². The van der Waals surface area contributed by atoms with Gasteiger partial charge in [0.15, 0.2) is 0 Å². The van der Waals surface area contributed by atoms with E-state index in [2.05, 4.69) is 4.51 Å². The van der Waals surface area contributed by atoms with Crippen LogP contribution in [0.15, 0.2) is 27.5 Å². The maximum Gasteiger partial charge on any atom is 0.148 e. The van der Waals surface area contributed by atoms with Gasteiger partial charge in [-0.2, -0.15) is 4.51 Å². The second kappa shape index (κ2) is 2.55. The van der Waals surface area contributed by atoms with E-state index in [0.29, 0.717) is 5.56 Å². The summed E-state index contributed by atoms with van der Waals surface area (Å²) >= 11 is 5.06. The lowest BCUT2D eigenvalue weighted by atomic mass is 10.3. The number of hydrogen-bond acceptors (Lipinski definition) is 2. The molecule has 0 amide bonds. The number of furan rings is 1. The predicted octanol–water partition coefficient (Wildman–Crippen LogP) is 1.14. The molecule has 1 aromatic rings. The van der Waals surface area contributed by atoms with Crippen molar-refractivity contribution >= 4 is 17.6 Å². The van der Waals surface area contributed by atoms with Gasteiger partial charge >= 0.3 is 0 Å². The van der Waals surface area contributed by atoms with Crippen LogP contribution < -0.4 is 5.73 Å². The Morgan fingerprint density at radius 2 is 2.56 bits per heavy atom. The van der Waals surface area contributed by atoms with Crippen LogP contribution in [0.4, 0.5) is 0 Å². The minimum Gasteiger partial charge on any atom is -0.472 e. The zero-order valence-corrected chi connectivity index (χ0v) is 5.30. The molecule has 0 aromatic carbocycles. The zero-order chi connectivity index (χ0) is 6.69. The lowest BCUT2D eigenvalue weighted by Crippen LogP contribution is -2.10. The van der Waals surface area contributed by atoms with Crippen molar-refractivity contribution in [3.63, 3.8) is 0 Å². The molecular formula is C5H5ClN2O. The molecule has 1 rings (SSSR count). The highest BCUT2D eigenvalue weighted by Crippen LogP contribution is 1.99. The van der Waals surface area contributed by atoms with Crippen molar-refractivity contribution in [1.29, 1.82) is 0 Å². The molecule has 0 aliphatic rings. The minimum atomic E-state index is 0.269. The molecule has 0 aliphatic carbocycles. The van der Waals surface area contributed by atoms with Crippen molar-refractivity contribution in [2.75, 3.05) is 0 Å². The average Bonchev–Trinajstić information content (AvgIpc) is 2.37. The van der Waals surface area contributed by atoms with E-state index in [1.165, 1.54) is 12.5 Å². The van der Waals surface area contributed by atoms with E-state index in [-0.39, 0.29) is 5.84 Å². The van der Waals surface area contributed by atoms with Crippen LogP contribution in [0.5, 0.6) is 0 Å².